The number of halogens is 1. The summed E-state index contributed by atoms with van der Waals surface area (Å²) in [5, 5.41) is 3.97. The molecule has 0 bridgehead atoms. The molecule has 2 aromatic rings. The maximum absolute atomic E-state index is 6.13. The molecule has 0 fully saturated rings. The fourth-order valence-electron chi connectivity index (χ4n) is 1.73. The van der Waals surface area contributed by atoms with Crippen molar-refractivity contribution in [2.45, 2.75) is 20.0 Å². The van der Waals surface area contributed by atoms with E-state index in [9.17, 15) is 0 Å². The molecule has 1 aromatic carbocycles. The second-order valence-electron chi connectivity index (χ2n) is 3.87. The highest BCUT2D eigenvalue weighted by molar-refractivity contribution is 6.33. The van der Waals surface area contributed by atoms with E-state index in [-0.39, 0.29) is 0 Å². The third-order valence-corrected chi connectivity index (χ3v) is 3.10. The van der Waals surface area contributed by atoms with Gasteiger partial charge in [-0.25, -0.2) is 4.98 Å². The van der Waals surface area contributed by atoms with Crippen molar-refractivity contribution in [3.05, 3.63) is 41.4 Å². The summed E-state index contributed by atoms with van der Waals surface area (Å²) in [6, 6.07) is 5.54. The van der Waals surface area contributed by atoms with Crippen LogP contribution in [0.5, 0.6) is 5.75 Å². The Kier molecular flexibility index (Phi) is 4.10. The highest BCUT2D eigenvalue weighted by Gasteiger charge is 2.04. The maximum Gasteiger partial charge on any atom is 0.121 e. The van der Waals surface area contributed by atoms with Crippen molar-refractivity contribution in [2.75, 3.05) is 12.4 Å². The Morgan fingerprint density at radius 3 is 3.00 bits per heavy atom. The third kappa shape index (κ3) is 2.76. The highest BCUT2D eigenvalue weighted by Crippen LogP contribution is 2.27. The lowest BCUT2D eigenvalue weighted by molar-refractivity contribution is 0.415. The Hall–Kier alpha value is -1.68. The first kappa shape index (κ1) is 12.8. The van der Waals surface area contributed by atoms with Crippen LogP contribution in [0.25, 0.3) is 0 Å². The van der Waals surface area contributed by atoms with Gasteiger partial charge in [-0.15, -0.1) is 0 Å². The van der Waals surface area contributed by atoms with E-state index in [1.165, 1.54) is 0 Å². The van der Waals surface area contributed by atoms with Crippen molar-refractivity contribution in [1.29, 1.82) is 0 Å². The first-order valence-corrected chi connectivity index (χ1v) is 6.18. The van der Waals surface area contributed by atoms with E-state index >= 15 is 0 Å². The lowest BCUT2D eigenvalue weighted by Gasteiger charge is -2.11. The molecule has 2 rings (SSSR count). The van der Waals surface area contributed by atoms with E-state index < -0.39 is 0 Å². The van der Waals surface area contributed by atoms with Crippen LogP contribution in [0.15, 0.2) is 30.7 Å². The van der Waals surface area contributed by atoms with Gasteiger partial charge >= 0.3 is 0 Å². The zero-order valence-electron chi connectivity index (χ0n) is 10.5. The van der Waals surface area contributed by atoms with Gasteiger partial charge in [-0.05, 0) is 19.1 Å². The van der Waals surface area contributed by atoms with E-state index in [1.54, 1.807) is 7.11 Å². The van der Waals surface area contributed by atoms with E-state index in [4.69, 9.17) is 16.3 Å². The normalized spacial score (nSPS) is 10.4. The van der Waals surface area contributed by atoms with Crippen molar-refractivity contribution < 1.29 is 4.74 Å². The molecule has 18 heavy (non-hydrogen) atoms. The van der Waals surface area contributed by atoms with Gasteiger partial charge in [0.15, 0.2) is 0 Å². The molecule has 0 aliphatic rings. The van der Waals surface area contributed by atoms with E-state index in [0.717, 1.165) is 23.7 Å². The lowest BCUT2D eigenvalue weighted by atomic mass is 10.3. The van der Waals surface area contributed by atoms with Crippen LogP contribution in [0.4, 0.5) is 5.69 Å². The number of hydrogen-bond acceptors (Lipinski definition) is 3. The largest absolute Gasteiger partial charge is 0.497 e. The minimum Gasteiger partial charge on any atom is -0.497 e. The number of benzene rings is 1. The second-order valence-corrected chi connectivity index (χ2v) is 4.28. The molecule has 0 atom stereocenters. The molecule has 0 aliphatic heterocycles. The van der Waals surface area contributed by atoms with Gasteiger partial charge in [0, 0.05) is 18.8 Å². The van der Waals surface area contributed by atoms with Crippen LogP contribution in [0, 0.1) is 0 Å². The SMILES string of the molecule is CCn1cncc1CNc1cc(OC)ccc1Cl. The van der Waals surface area contributed by atoms with Gasteiger partial charge < -0.3 is 14.6 Å². The zero-order valence-corrected chi connectivity index (χ0v) is 11.2. The summed E-state index contributed by atoms with van der Waals surface area (Å²) < 4.78 is 7.26. The van der Waals surface area contributed by atoms with Gasteiger partial charge in [0.25, 0.3) is 0 Å². The smallest absolute Gasteiger partial charge is 0.121 e. The van der Waals surface area contributed by atoms with Crippen LogP contribution in [0.3, 0.4) is 0 Å². The minimum atomic E-state index is 0.679. The Labute approximate surface area is 112 Å². The first-order chi connectivity index (χ1) is 8.74. The summed E-state index contributed by atoms with van der Waals surface area (Å²) in [5.74, 6) is 0.783. The van der Waals surface area contributed by atoms with Crippen LogP contribution in [-0.4, -0.2) is 16.7 Å². The Morgan fingerprint density at radius 2 is 2.28 bits per heavy atom. The fraction of sp³-hybridized carbons (Fsp3) is 0.308. The van der Waals surface area contributed by atoms with Crippen molar-refractivity contribution in [1.82, 2.24) is 9.55 Å². The molecule has 0 amide bonds. The van der Waals surface area contributed by atoms with Crippen LogP contribution in [0.1, 0.15) is 12.6 Å². The van der Waals surface area contributed by atoms with Gasteiger partial charge in [0.1, 0.15) is 5.75 Å². The minimum absolute atomic E-state index is 0.679. The predicted molar refractivity (Wildman–Crippen MR) is 73.2 cm³/mol. The second kappa shape index (κ2) is 5.78. The number of aryl methyl sites for hydroxylation is 1. The Morgan fingerprint density at radius 1 is 1.44 bits per heavy atom. The van der Waals surface area contributed by atoms with Crippen molar-refractivity contribution >= 4 is 17.3 Å². The molecule has 96 valence electrons. The van der Waals surface area contributed by atoms with Gasteiger partial charge in [0.2, 0.25) is 0 Å². The molecule has 5 heteroatoms. The molecular formula is C13H16ClN3O. The number of anilines is 1. The summed E-state index contributed by atoms with van der Waals surface area (Å²) in [4.78, 5) is 4.13. The lowest BCUT2D eigenvalue weighted by Crippen LogP contribution is -2.06. The molecule has 0 unspecified atom stereocenters. The molecule has 0 spiro atoms. The number of aromatic nitrogens is 2. The maximum atomic E-state index is 6.13. The summed E-state index contributed by atoms with van der Waals surface area (Å²) in [7, 11) is 1.64. The molecule has 0 saturated heterocycles. The third-order valence-electron chi connectivity index (χ3n) is 2.77. The fourth-order valence-corrected chi connectivity index (χ4v) is 1.92. The summed E-state index contributed by atoms with van der Waals surface area (Å²) in [6.07, 6.45) is 3.68. The first-order valence-electron chi connectivity index (χ1n) is 5.81. The number of nitrogens with zero attached hydrogens (tertiary/aromatic N) is 2. The monoisotopic (exact) mass is 265 g/mol. The Bertz CT molecular complexity index is 525. The summed E-state index contributed by atoms with van der Waals surface area (Å²) in [5.41, 5.74) is 1.98. The molecule has 4 nitrogen and oxygen atoms in total. The van der Waals surface area contributed by atoms with Gasteiger partial charge in [-0.2, -0.15) is 0 Å². The van der Waals surface area contributed by atoms with Crippen molar-refractivity contribution in [3.8, 4) is 5.75 Å². The number of methoxy groups -OCH3 is 1. The molecular weight excluding hydrogens is 250 g/mol. The van der Waals surface area contributed by atoms with Crippen molar-refractivity contribution in [2.24, 2.45) is 0 Å². The molecule has 0 aliphatic carbocycles. The number of imidazole rings is 1. The molecule has 0 saturated carbocycles. The van der Waals surface area contributed by atoms with Gasteiger partial charge in [0.05, 0.1) is 36.4 Å². The zero-order chi connectivity index (χ0) is 13.0. The number of nitrogens with one attached hydrogen (secondary N) is 1. The van der Waals surface area contributed by atoms with Crippen molar-refractivity contribution in [3.63, 3.8) is 0 Å². The predicted octanol–water partition coefficient (Wildman–Crippen LogP) is 3.18. The van der Waals surface area contributed by atoms with Crippen LogP contribution in [0.2, 0.25) is 5.02 Å². The average Bonchev–Trinajstić information content (AvgIpc) is 2.85. The summed E-state index contributed by atoms with van der Waals surface area (Å²) in [6.45, 7) is 3.67. The number of hydrogen-bond donors (Lipinski definition) is 1. The molecule has 1 aromatic heterocycles. The van der Waals surface area contributed by atoms with Gasteiger partial charge in [-0.1, -0.05) is 11.6 Å². The average molecular weight is 266 g/mol. The molecule has 1 heterocycles. The highest BCUT2D eigenvalue weighted by atomic mass is 35.5. The number of ether oxygens (including phenoxy) is 1. The number of rotatable bonds is 5. The van der Waals surface area contributed by atoms with Crippen LogP contribution < -0.4 is 10.1 Å². The quantitative estimate of drug-likeness (QED) is 0.903. The van der Waals surface area contributed by atoms with E-state index in [0.29, 0.717) is 11.6 Å². The van der Waals surface area contributed by atoms with Gasteiger partial charge in [-0.3, -0.25) is 0 Å². The topological polar surface area (TPSA) is 39.1 Å². The Balaban J connectivity index is 2.10. The molecule has 1 N–H and O–H groups in total. The van der Waals surface area contributed by atoms with E-state index in [1.807, 2.05) is 30.7 Å². The molecule has 0 radical (unpaired) electrons. The van der Waals surface area contributed by atoms with Crippen LogP contribution in [-0.2, 0) is 13.1 Å². The summed E-state index contributed by atoms with van der Waals surface area (Å²) >= 11 is 6.13. The standard InChI is InChI=1S/C13H16ClN3O/c1-3-17-9-15-7-10(17)8-16-13-6-11(18-2)4-5-12(13)14/h4-7,9,16H,3,8H2,1-2H3. The van der Waals surface area contributed by atoms with Crippen LogP contribution >= 0.6 is 11.6 Å². The van der Waals surface area contributed by atoms with E-state index in [2.05, 4.69) is 21.8 Å².